The second-order valence-electron chi connectivity index (χ2n) is 4.87. The van der Waals surface area contributed by atoms with Crippen molar-refractivity contribution in [2.45, 2.75) is 0 Å². The van der Waals surface area contributed by atoms with Crippen LogP contribution in [0.3, 0.4) is 0 Å². The third-order valence-electron chi connectivity index (χ3n) is 3.40. The summed E-state index contributed by atoms with van der Waals surface area (Å²) in [7, 11) is -1.27. The Kier molecular flexibility index (Phi) is 4.07. The average molecular weight is 285 g/mol. The van der Waals surface area contributed by atoms with Gasteiger partial charge >= 0.3 is 0 Å². The van der Waals surface area contributed by atoms with Gasteiger partial charge in [-0.25, -0.2) is 8.42 Å². The highest BCUT2D eigenvalue weighted by molar-refractivity contribution is 7.88. The van der Waals surface area contributed by atoms with Gasteiger partial charge in [0.05, 0.1) is 18.5 Å². The minimum absolute atomic E-state index is 0.0697. The first-order valence-electron chi connectivity index (χ1n) is 6.20. The second kappa shape index (κ2) is 5.44. The van der Waals surface area contributed by atoms with Crippen LogP contribution in [0.5, 0.6) is 0 Å². The number of carbonyl (C=O) groups excluding carboxylic acids is 1. The van der Waals surface area contributed by atoms with Crippen LogP contribution in [0.25, 0.3) is 0 Å². The number of carbonyl (C=O) groups is 1. The fraction of sp³-hybridized carbons (Fsp3) is 0.583. The van der Waals surface area contributed by atoms with Gasteiger partial charge in [-0.3, -0.25) is 9.69 Å². The van der Waals surface area contributed by atoms with Crippen molar-refractivity contribution in [2.75, 3.05) is 39.0 Å². The van der Waals surface area contributed by atoms with E-state index in [2.05, 4.69) is 0 Å². The molecule has 1 aromatic heterocycles. The Morgan fingerprint density at radius 3 is 2.37 bits per heavy atom. The van der Waals surface area contributed by atoms with E-state index in [4.69, 9.17) is 0 Å². The van der Waals surface area contributed by atoms with E-state index < -0.39 is 10.0 Å². The predicted molar refractivity (Wildman–Crippen MR) is 72.6 cm³/mol. The highest BCUT2D eigenvalue weighted by atomic mass is 32.2. The van der Waals surface area contributed by atoms with Crippen LogP contribution in [0.1, 0.15) is 10.5 Å². The lowest BCUT2D eigenvalue weighted by Crippen LogP contribution is -2.49. The minimum Gasteiger partial charge on any atom is -0.348 e. The van der Waals surface area contributed by atoms with Crippen molar-refractivity contribution >= 4 is 15.8 Å². The number of nitrogens with zero attached hydrogens (tertiary/aromatic N) is 3. The number of piperazine rings is 1. The molecule has 106 valence electrons. The summed E-state index contributed by atoms with van der Waals surface area (Å²) in [5.74, 6) is 0.0697. The van der Waals surface area contributed by atoms with E-state index in [1.165, 1.54) is 10.6 Å². The molecule has 0 atom stereocenters. The molecule has 1 fully saturated rings. The Labute approximate surface area is 113 Å². The zero-order valence-electron chi connectivity index (χ0n) is 11.2. The Hall–Kier alpha value is -1.18. The van der Waals surface area contributed by atoms with Gasteiger partial charge in [-0.15, -0.1) is 0 Å². The van der Waals surface area contributed by atoms with Crippen LogP contribution in [-0.2, 0) is 17.1 Å². The first-order chi connectivity index (χ1) is 8.88. The summed E-state index contributed by atoms with van der Waals surface area (Å²) in [6.45, 7) is 2.46. The lowest BCUT2D eigenvalue weighted by Gasteiger charge is -2.32. The molecule has 0 bridgehead atoms. The number of hydrogen-bond donors (Lipinski definition) is 0. The topological polar surface area (TPSA) is 62.6 Å². The fourth-order valence-corrected chi connectivity index (χ4v) is 3.08. The lowest BCUT2D eigenvalue weighted by atomic mass is 10.2. The van der Waals surface area contributed by atoms with Gasteiger partial charge in [-0.1, -0.05) is 0 Å². The van der Waals surface area contributed by atoms with E-state index in [0.717, 1.165) is 0 Å². The van der Waals surface area contributed by atoms with Crippen molar-refractivity contribution in [2.24, 2.45) is 7.05 Å². The summed E-state index contributed by atoms with van der Waals surface area (Å²) in [5, 5.41) is 0. The summed E-state index contributed by atoms with van der Waals surface area (Å²) < 4.78 is 26.0. The molecule has 1 aromatic rings. The van der Waals surface area contributed by atoms with Crippen molar-refractivity contribution in [3.63, 3.8) is 0 Å². The molecule has 0 aromatic carbocycles. The number of aromatic nitrogens is 1. The molecule has 0 amide bonds. The zero-order chi connectivity index (χ0) is 14.0. The zero-order valence-corrected chi connectivity index (χ0v) is 12.1. The molecule has 7 heteroatoms. The van der Waals surface area contributed by atoms with E-state index >= 15 is 0 Å². The number of hydrogen-bond acceptors (Lipinski definition) is 4. The normalized spacial score (nSPS) is 18.6. The molecular weight excluding hydrogens is 266 g/mol. The Morgan fingerprint density at radius 2 is 1.89 bits per heavy atom. The molecule has 19 heavy (non-hydrogen) atoms. The van der Waals surface area contributed by atoms with Gasteiger partial charge in [0, 0.05) is 39.4 Å². The number of sulfonamides is 1. The predicted octanol–water partition coefficient (Wildman–Crippen LogP) is -0.215. The second-order valence-corrected chi connectivity index (χ2v) is 6.85. The minimum atomic E-state index is -3.11. The lowest BCUT2D eigenvalue weighted by molar-refractivity contribution is 0.0894. The van der Waals surface area contributed by atoms with Crippen molar-refractivity contribution in [3.05, 3.63) is 24.0 Å². The molecule has 6 nitrogen and oxygen atoms in total. The molecule has 2 heterocycles. The van der Waals surface area contributed by atoms with Crippen LogP contribution >= 0.6 is 0 Å². The highest BCUT2D eigenvalue weighted by Gasteiger charge is 2.24. The van der Waals surface area contributed by atoms with Crippen LogP contribution in [-0.4, -0.2) is 67.0 Å². The third kappa shape index (κ3) is 3.43. The van der Waals surface area contributed by atoms with E-state index in [1.807, 2.05) is 24.2 Å². The molecule has 1 aliphatic rings. The molecule has 0 unspecified atom stereocenters. The maximum Gasteiger partial charge on any atom is 0.211 e. The fourth-order valence-electron chi connectivity index (χ4n) is 2.25. The first kappa shape index (κ1) is 14.2. The summed E-state index contributed by atoms with van der Waals surface area (Å²) in [5.41, 5.74) is 0.686. The Morgan fingerprint density at radius 1 is 1.26 bits per heavy atom. The summed E-state index contributed by atoms with van der Waals surface area (Å²) in [6, 6.07) is 3.64. The maximum atomic E-state index is 12.1. The molecule has 0 aliphatic carbocycles. The van der Waals surface area contributed by atoms with Crippen molar-refractivity contribution in [1.82, 2.24) is 13.8 Å². The number of Topliss-reactive ketones (excluding diaryl/α,β-unsaturated/α-hetero) is 1. The Bertz CT molecular complexity index is 557. The molecule has 0 saturated carbocycles. The van der Waals surface area contributed by atoms with E-state index in [9.17, 15) is 13.2 Å². The quantitative estimate of drug-likeness (QED) is 0.718. The van der Waals surface area contributed by atoms with E-state index in [-0.39, 0.29) is 5.78 Å². The molecule has 0 radical (unpaired) electrons. The van der Waals surface area contributed by atoms with Crippen molar-refractivity contribution in [3.8, 4) is 0 Å². The van der Waals surface area contributed by atoms with Gasteiger partial charge < -0.3 is 4.57 Å². The van der Waals surface area contributed by atoms with Gasteiger partial charge in [-0.2, -0.15) is 4.31 Å². The molecule has 1 saturated heterocycles. The molecule has 2 rings (SSSR count). The first-order valence-corrected chi connectivity index (χ1v) is 8.05. The monoisotopic (exact) mass is 285 g/mol. The van der Waals surface area contributed by atoms with Crippen molar-refractivity contribution < 1.29 is 13.2 Å². The average Bonchev–Trinajstić information content (AvgIpc) is 2.75. The van der Waals surface area contributed by atoms with E-state index in [1.54, 1.807) is 10.6 Å². The van der Waals surface area contributed by atoms with Gasteiger partial charge in [0.25, 0.3) is 0 Å². The SMILES string of the molecule is Cn1cccc1C(=O)CN1CCN(S(C)(=O)=O)CC1. The van der Waals surface area contributed by atoms with Gasteiger partial charge in [-0.05, 0) is 12.1 Å². The van der Waals surface area contributed by atoms with E-state index in [0.29, 0.717) is 38.4 Å². The standard InChI is InChI=1S/C12H19N3O3S/c1-13-5-3-4-11(13)12(16)10-14-6-8-15(9-7-14)19(2,17)18/h3-5H,6-10H2,1-2H3. The molecule has 0 N–H and O–H groups in total. The van der Waals surface area contributed by atoms with Crippen LogP contribution < -0.4 is 0 Å². The van der Waals surface area contributed by atoms with Crippen LogP contribution in [0.15, 0.2) is 18.3 Å². The van der Waals surface area contributed by atoms with Gasteiger partial charge in [0.2, 0.25) is 10.0 Å². The van der Waals surface area contributed by atoms with Crippen LogP contribution in [0.2, 0.25) is 0 Å². The Balaban J connectivity index is 1.90. The van der Waals surface area contributed by atoms with Gasteiger partial charge in [0.15, 0.2) is 5.78 Å². The summed E-state index contributed by atoms with van der Waals surface area (Å²) in [4.78, 5) is 14.1. The highest BCUT2D eigenvalue weighted by Crippen LogP contribution is 2.08. The van der Waals surface area contributed by atoms with Gasteiger partial charge in [0.1, 0.15) is 0 Å². The molecular formula is C12H19N3O3S. The number of rotatable bonds is 4. The number of aryl methyl sites for hydroxylation is 1. The smallest absolute Gasteiger partial charge is 0.211 e. The van der Waals surface area contributed by atoms with Crippen LogP contribution in [0.4, 0.5) is 0 Å². The summed E-state index contributed by atoms with van der Waals surface area (Å²) in [6.07, 6.45) is 3.06. The van der Waals surface area contributed by atoms with Crippen molar-refractivity contribution in [1.29, 1.82) is 0 Å². The summed E-state index contributed by atoms with van der Waals surface area (Å²) >= 11 is 0. The molecule has 0 spiro atoms. The van der Waals surface area contributed by atoms with Crippen LogP contribution in [0, 0.1) is 0 Å². The maximum absolute atomic E-state index is 12.1. The molecule has 1 aliphatic heterocycles. The number of ketones is 1. The largest absolute Gasteiger partial charge is 0.348 e. The third-order valence-corrected chi connectivity index (χ3v) is 4.70.